The second-order valence-electron chi connectivity index (χ2n) is 8.84. The SMILES string of the molecule is N#Cc1cccnc1N1CCCN(C(=O)c2nn(-c3ccc(Cl)cc3)c3c2CCCCC3)CC1. The molecule has 174 valence electrons. The third kappa shape index (κ3) is 4.38. The van der Waals surface area contributed by atoms with Crippen molar-refractivity contribution in [1.29, 1.82) is 5.26 Å². The van der Waals surface area contributed by atoms with Crippen molar-refractivity contribution < 1.29 is 4.79 Å². The van der Waals surface area contributed by atoms with Gasteiger partial charge in [-0.1, -0.05) is 18.0 Å². The largest absolute Gasteiger partial charge is 0.354 e. The van der Waals surface area contributed by atoms with Crippen LogP contribution < -0.4 is 4.90 Å². The van der Waals surface area contributed by atoms with E-state index in [2.05, 4.69) is 16.0 Å². The van der Waals surface area contributed by atoms with E-state index in [0.717, 1.165) is 62.0 Å². The first kappa shape index (κ1) is 22.4. The molecule has 0 spiro atoms. The van der Waals surface area contributed by atoms with Crippen LogP contribution in [0.15, 0.2) is 42.6 Å². The summed E-state index contributed by atoms with van der Waals surface area (Å²) < 4.78 is 1.95. The van der Waals surface area contributed by atoms with Gasteiger partial charge in [0.05, 0.1) is 11.3 Å². The van der Waals surface area contributed by atoms with E-state index in [-0.39, 0.29) is 5.91 Å². The van der Waals surface area contributed by atoms with Gasteiger partial charge in [0.2, 0.25) is 0 Å². The van der Waals surface area contributed by atoms with Crippen LogP contribution in [0.4, 0.5) is 5.82 Å². The van der Waals surface area contributed by atoms with Gasteiger partial charge in [-0.2, -0.15) is 10.4 Å². The predicted molar refractivity (Wildman–Crippen MR) is 132 cm³/mol. The van der Waals surface area contributed by atoms with Gasteiger partial charge in [0.1, 0.15) is 11.9 Å². The number of amides is 1. The molecule has 5 rings (SSSR count). The molecule has 0 saturated carbocycles. The molecule has 3 aromatic rings. The fourth-order valence-corrected chi connectivity index (χ4v) is 5.09. The fraction of sp³-hybridized carbons (Fsp3) is 0.385. The molecule has 1 aliphatic heterocycles. The third-order valence-electron chi connectivity index (χ3n) is 6.69. The van der Waals surface area contributed by atoms with Crippen molar-refractivity contribution in [3.05, 3.63) is 70.1 Å². The van der Waals surface area contributed by atoms with Crippen LogP contribution in [0.1, 0.15) is 53.0 Å². The minimum Gasteiger partial charge on any atom is -0.354 e. The first-order valence-corrected chi connectivity index (χ1v) is 12.3. The van der Waals surface area contributed by atoms with Crippen LogP contribution in [0.2, 0.25) is 5.02 Å². The number of rotatable bonds is 3. The van der Waals surface area contributed by atoms with Crippen molar-refractivity contribution in [3.8, 4) is 11.8 Å². The highest BCUT2D eigenvalue weighted by Gasteiger charge is 2.29. The lowest BCUT2D eigenvalue weighted by molar-refractivity contribution is 0.0759. The highest BCUT2D eigenvalue weighted by Crippen LogP contribution is 2.28. The Balaban J connectivity index is 1.42. The number of fused-ring (bicyclic) bond motifs is 1. The standard InChI is InChI=1S/C26H27ClN6O/c27-20-9-11-21(12-10-20)33-23-8-3-1-2-7-22(23)24(30-33)26(34)32-15-5-14-31(16-17-32)25-19(18-28)6-4-13-29-25/h4,6,9-13H,1-3,5,7-8,14-17H2. The summed E-state index contributed by atoms with van der Waals surface area (Å²) in [5, 5.41) is 15.0. The van der Waals surface area contributed by atoms with Crippen LogP contribution in [0.3, 0.4) is 0 Å². The molecule has 0 N–H and O–H groups in total. The average Bonchev–Trinajstić information content (AvgIpc) is 3.05. The van der Waals surface area contributed by atoms with Gasteiger partial charge in [0.15, 0.2) is 5.69 Å². The van der Waals surface area contributed by atoms with Crippen LogP contribution in [-0.2, 0) is 12.8 Å². The number of carbonyl (C=O) groups is 1. The number of benzene rings is 1. The summed E-state index contributed by atoms with van der Waals surface area (Å²) in [5.41, 5.74) is 4.31. The fourth-order valence-electron chi connectivity index (χ4n) is 4.96. The second kappa shape index (κ2) is 9.86. The van der Waals surface area contributed by atoms with E-state index >= 15 is 0 Å². The van der Waals surface area contributed by atoms with E-state index < -0.39 is 0 Å². The molecule has 1 aliphatic carbocycles. The zero-order valence-electron chi connectivity index (χ0n) is 19.1. The van der Waals surface area contributed by atoms with Gasteiger partial charge in [-0.25, -0.2) is 9.67 Å². The molecular formula is C26H27ClN6O. The van der Waals surface area contributed by atoms with Gasteiger partial charge in [0, 0.05) is 48.7 Å². The summed E-state index contributed by atoms with van der Waals surface area (Å²) in [5.74, 6) is 0.689. The molecule has 0 radical (unpaired) electrons. The number of anilines is 1. The Morgan fingerprint density at radius 3 is 2.62 bits per heavy atom. The van der Waals surface area contributed by atoms with Crippen molar-refractivity contribution in [2.24, 2.45) is 0 Å². The van der Waals surface area contributed by atoms with Crippen LogP contribution in [0, 0.1) is 11.3 Å². The van der Waals surface area contributed by atoms with E-state index in [9.17, 15) is 10.1 Å². The van der Waals surface area contributed by atoms with E-state index in [1.54, 1.807) is 18.3 Å². The van der Waals surface area contributed by atoms with E-state index in [4.69, 9.17) is 16.7 Å². The Morgan fingerprint density at radius 2 is 1.79 bits per heavy atom. The third-order valence-corrected chi connectivity index (χ3v) is 6.95. The summed E-state index contributed by atoms with van der Waals surface area (Å²) in [4.78, 5) is 22.2. The highest BCUT2D eigenvalue weighted by molar-refractivity contribution is 6.30. The Bertz CT molecular complexity index is 1230. The molecular weight excluding hydrogens is 448 g/mol. The summed E-state index contributed by atoms with van der Waals surface area (Å²) >= 11 is 6.10. The van der Waals surface area contributed by atoms with Gasteiger partial charge in [-0.05, 0) is 68.5 Å². The molecule has 34 heavy (non-hydrogen) atoms. The molecule has 3 heterocycles. The predicted octanol–water partition coefficient (Wildman–Crippen LogP) is 4.41. The lowest BCUT2D eigenvalue weighted by Crippen LogP contribution is -2.36. The molecule has 1 amide bonds. The van der Waals surface area contributed by atoms with E-state index in [1.165, 1.54) is 0 Å². The van der Waals surface area contributed by atoms with Gasteiger partial charge < -0.3 is 9.80 Å². The number of aromatic nitrogens is 3. The number of nitrogens with zero attached hydrogens (tertiary/aromatic N) is 6. The van der Waals surface area contributed by atoms with E-state index in [1.807, 2.05) is 33.8 Å². The summed E-state index contributed by atoms with van der Waals surface area (Å²) in [6.45, 7) is 2.62. The average molecular weight is 475 g/mol. The van der Waals surface area contributed by atoms with Crippen LogP contribution in [-0.4, -0.2) is 51.8 Å². The van der Waals surface area contributed by atoms with Crippen LogP contribution >= 0.6 is 11.6 Å². The molecule has 7 nitrogen and oxygen atoms in total. The number of hydrogen-bond acceptors (Lipinski definition) is 5. The molecule has 1 fully saturated rings. The Hall–Kier alpha value is -3.37. The summed E-state index contributed by atoms with van der Waals surface area (Å²) in [6.07, 6.45) is 7.66. The molecule has 8 heteroatoms. The topological polar surface area (TPSA) is 78.1 Å². The summed E-state index contributed by atoms with van der Waals surface area (Å²) in [7, 11) is 0. The quantitative estimate of drug-likeness (QED) is 0.525. The Kier molecular flexibility index (Phi) is 6.50. The highest BCUT2D eigenvalue weighted by atomic mass is 35.5. The van der Waals surface area contributed by atoms with Gasteiger partial charge >= 0.3 is 0 Å². The molecule has 2 aromatic heterocycles. The maximum Gasteiger partial charge on any atom is 0.274 e. The summed E-state index contributed by atoms with van der Waals surface area (Å²) in [6, 6.07) is 13.4. The van der Waals surface area contributed by atoms with Crippen molar-refractivity contribution >= 4 is 23.3 Å². The van der Waals surface area contributed by atoms with Crippen molar-refractivity contribution in [3.63, 3.8) is 0 Å². The van der Waals surface area contributed by atoms with Crippen molar-refractivity contribution in [2.45, 2.75) is 38.5 Å². The van der Waals surface area contributed by atoms with Gasteiger partial charge in [-0.15, -0.1) is 0 Å². The number of hydrogen-bond donors (Lipinski definition) is 0. The van der Waals surface area contributed by atoms with Crippen LogP contribution in [0.25, 0.3) is 5.69 Å². The molecule has 1 saturated heterocycles. The minimum absolute atomic E-state index is 0.00533. The maximum atomic E-state index is 13.7. The lowest BCUT2D eigenvalue weighted by Gasteiger charge is -2.23. The molecule has 2 aliphatic rings. The smallest absolute Gasteiger partial charge is 0.274 e. The van der Waals surface area contributed by atoms with E-state index in [0.29, 0.717) is 41.7 Å². The van der Waals surface area contributed by atoms with Crippen molar-refractivity contribution in [1.82, 2.24) is 19.7 Å². The second-order valence-corrected chi connectivity index (χ2v) is 9.28. The zero-order valence-corrected chi connectivity index (χ0v) is 19.8. The maximum absolute atomic E-state index is 13.7. The molecule has 0 bridgehead atoms. The van der Waals surface area contributed by atoms with Crippen LogP contribution in [0.5, 0.6) is 0 Å². The number of pyridine rings is 1. The normalized spacial score (nSPS) is 16.4. The number of carbonyl (C=O) groups excluding carboxylic acids is 1. The van der Waals surface area contributed by atoms with Gasteiger partial charge in [0.25, 0.3) is 5.91 Å². The molecule has 0 atom stereocenters. The lowest BCUT2D eigenvalue weighted by atomic mass is 10.1. The van der Waals surface area contributed by atoms with Gasteiger partial charge in [-0.3, -0.25) is 4.79 Å². The number of nitriles is 1. The monoisotopic (exact) mass is 474 g/mol. The zero-order chi connectivity index (χ0) is 23.5. The first-order valence-electron chi connectivity index (χ1n) is 11.9. The first-order chi connectivity index (χ1) is 16.7. The minimum atomic E-state index is -0.00533. The van der Waals surface area contributed by atoms with Crippen molar-refractivity contribution in [2.75, 3.05) is 31.1 Å². The molecule has 1 aromatic carbocycles. The Labute approximate surface area is 204 Å². The molecule has 0 unspecified atom stereocenters. The number of halogens is 1. The Morgan fingerprint density at radius 1 is 0.971 bits per heavy atom.